The summed E-state index contributed by atoms with van der Waals surface area (Å²) < 4.78 is 42.1. The summed E-state index contributed by atoms with van der Waals surface area (Å²) in [6.07, 6.45) is 3.74. The number of morpholine rings is 1. The van der Waals surface area contributed by atoms with Gasteiger partial charge in [-0.05, 0) is 91.2 Å². The van der Waals surface area contributed by atoms with Crippen molar-refractivity contribution in [2.75, 3.05) is 19.8 Å². The average Bonchev–Trinajstić information content (AvgIpc) is 3.26. The predicted octanol–water partition coefficient (Wildman–Crippen LogP) is 5.15. The number of likely N-dealkylation sites (tertiary alicyclic amines) is 1. The zero-order valence-electron chi connectivity index (χ0n) is 26.0. The first kappa shape index (κ1) is 32.7. The van der Waals surface area contributed by atoms with Crippen LogP contribution in [0.1, 0.15) is 85.1 Å². The summed E-state index contributed by atoms with van der Waals surface area (Å²) in [7, 11) is 0. The fraction of sp³-hybridized carbons (Fsp3) is 0.656. The van der Waals surface area contributed by atoms with Crippen LogP contribution >= 0.6 is 0 Å². The highest BCUT2D eigenvalue weighted by Gasteiger charge is 2.54. The van der Waals surface area contributed by atoms with Crippen LogP contribution < -0.4 is 10.1 Å². The molecule has 1 saturated carbocycles. The van der Waals surface area contributed by atoms with Crippen molar-refractivity contribution in [3.8, 4) is 5.75 Å². The molecule has 1 aromatic carbocycles. The van der Waals surface area contributed by atoms with Crippen LogP contribution in [-0.2, 0) is 28.5 Å². The summed E-state index contributed by atoms with van der Waals surface area (Å²) in [5.41, 5.74) is -1.17. The van der Waals surface area contributed by atoms with Gasteiger partial charge >= 0.3 is 12.1 Å². The molecule has 10 nitrogen and oxygen atoms in total. The summed E-state index contributed by atoms with van der Waals surface area (Å²) in [5.74, 6) is -0.383. The van der Waals surface area contributed by atoms with Gasteiger partial charge in [-0.25, -0.2) is 14.0 Å². The molecule has 1 aromatic rings. The molecular formula is C32H45FN2O8. The fourth-order valence-electron chi connectivity index (χ4n) is 5.87. The van der Waals surface area contributed by atoms with E-state index in [1.165, 1.54) is 12.3 Å². The molecule has 2 saturated heterocycles. The number of alkyl halides is 1. The number of nitrogens with one attached hydrogen (secondary N) is 1. The Hall–Kier alpha value is -3.18. The Kier molecular flexibility index (Phi) is 10.1. The molecule has 1 N–H and O–H groups in total. The van der Waals surface area contributed by atoms with Gasteiger partial charge in [-0.1, -0.05) is 18.2 Å². The van der Waals surface area contributed by atoms with E-state index in [1.807, 2.05) is 24.3 Å². The number of carbonyl (C=O) groups is 3. The maximum absolute atomic E-state index is 13.9. The highest BCUT2D eigenvalue weighted by Crippen LogP contribution is 2.39. The molecule has 2 aliphatic heterocycles. The largest absolute Gasteiger partial charge is 0.464 e. The summed E-state index contributed by atoms with van der Waals surface area (Å²) >= 11 is 0. The number of hydrogen-bond donors (Lipinski definition) is 1. The second-order valence-corrected chi connectivity index (χ2v) is 13.5. The van der Waals surface area contributed by atoms with Crippen molar-refractivity contribution in [3.05, 3.63) is 42.2 Å². The number of benzene rings is 1. The molecule has 3 fully saturated rings. The molecule has 0 aromatic heterocycles. The number of hydrogen-bond acceptors (Lipinski definition) is 8. The van der Waals surface area contributed by atoms with Gasteiger partial charge in [-0.15, -0.1) is 0 Å². The third-order valence-electron chi connectivity index (χ3n) is 7.84. The van der Waals surface area contributed by atoms with Crippen LogP contribution in [0.25, 0.3) is 0 Å². The second-order valence-electron chi connectivity index (χ2n) is 13.5. The van der Waals surface area contributed by atoms with Crippen molar-refractivity contribution in [1.29, 1.82) is 0 Å². The molecule has 1 spiro atoms. The number of ether oxygens (including phenoxy) is 5. The van der Waals surface area contributed by atoms with Crippen LogP contribution in [0, 0.1) is 0 Å². The van der Waals surface area contributed by atoms with E-state index in [9.17, 15) is 18.8 Å². The second kappa shape index (κ2) is 13.2. The molecule has 0 bridgehead atoms. The number of halogens is 1. The van der Waals surface area contributed by atoms with Crippen LogP contribution in [0.15, 0.2) is 36.6 Å². The van der Waals surface area contributed by atoms with Gasteiger partial charge in [0.25, 0.3) is 12.3 Å². The Morgan fingerprint density at radius 2 is 1.74 bits per heavy atom. The highest BCUT2D eigenvalue weighted by atomic mass is 19.1. The van der Waals surface area contributed by atoms with Gasteiger partial charge in [0.05, 0.1) is 43.2 Å². The predicted molar refractivity (Wildman–Crippen MR) is 156 cm³/mol. The average molecular weight is 605 g/mol. The van der Waals surface area contributed by atoms with E-state index >= 15 is 0 Å². The number of rotatable bonds is 7. The molecule has 11 heteroatoms. The minimum Gasteiger partial charge on any atom is -0.464 e. The lowest BCUT2D eigenvalue weighted by Gasteiger charge is -2.42. The normalized spacial score (nSPS) is 28.2. The molecular weight excluding hydrogens is 559 g/mol. The van der Waals surface area contributed by atoms with Crippen molar-refractivity contribution < 1.29 is 42.5 Å². The van der Waals surface area contributed by atoms with E-state index in [0.717, 1.165) is 31.2 Å². The van der Waals surface area contributed by atoms with Crippen molar-refractivity contribution >= 4 is 18.0 Å². The Morgan fingerprint density at radius 3 is 2.40 bits per heavy atom. The number of esters is 1. The van der Waals surface area contributed by atoms with Crippen LogP contribution in [0.4, 0.5) is 9.18 Å². The van der Waals surface area contributed by atoms with E-state index in [-0.39, 0.29) is 25.2 Å². The summed E-state index contributed by atoms with van der Waals surface area (Å²) in [6.45, 7) is 11.2. The SMILES string of the molecule is CC(C)(C)OC(=O)C=COc1ccccc1C1CCC(OC[C@@H]2N(C(=O)OC(C)(C)C)CC[C@@]23COC(F)C(=O)N3)CC1. The smallest absolute Gasteiger partial charge is 0.410 e. The quantitative estimate of drug-likeness (QED) is 0.258. The van der Waals surface area contributed by atoms with Gasteiger partial charge in [-0.2, -0.15) is 0 Å². The Bertz CT molecular complexity index is 1180. The third-order valence-corrected chi connectivity index (χ3v) is 7.84. The van der Waals surface area contributed by atoms with Gasteiger partial charge in [0, 0.05) is 6.54 Å². The maximum Gasteiger partial charge on any atom is 0.410 e. The molecule has 2 heterocycles. The summed E-state index contributed by atoms with van der Waals surface area (Å²) in [5, 5.41) is 2.78. The van der Waals surface area contributed by atoms with E-state index in [4.69, 9.17) is 23.7 Å². The summed E-state index contributed by atoms with van der Waals surface area (Å²) in [6, 6.07) is 7.21. The van der Waals surface area contributed by atoms with Gasteiger partial charge in [0.1, 0.15) is 17.0 Å². The zero-order chi connectivity index (χ0) is 31.4. The molecule has 1 unspecified atom stereocenters. The topological polar surface area (TPSA) is 113 Å². The standard InChI is InChI=1S/C32H45FN2O8/c1-30(2,3)42-26(36)15-18-39-24-10-8-7-9-23(24)21-11-13-22(14-12-21)40-19-25-32(20-41-27(33)28(37)34-32)16-17-35(25)29(38)43-31(4,5)6/h7-10,15,18,21-22,25,27H,11-14,16-17,19-20H2,1-6H3,(H,34,37)/t21?,22?,25-,27?,32+/m0/s1. The number of carbonyl (C=O) groups excluding carboxylic acids is 3. The van der Waals surface area contributed by atoms with E-state index in [0.29, 0.717) is 18.7 Å². The monoisotopic (exact) mass is 604 g/mol. The fourth-order valence-corrected chi connectivity index (χ4v) is 5.87. The number of nitrogens with zero attached hydrogens (tertiary/aromatic N) is 1. The van der Waals surface area contributed by atoms with Gasteiger partial charge in [-0.3, -0.25) is 4.79 Å². The minimum absolute atomic E-state index is 0.0522. The number of para-hydroxylation sites is 1. The van der Waals surface area contributed by atoms with Gasteiger partial charge < -0.3 is 33.9 Å². The lowest BCUT2D eigenvalue weighted by molar-refractivity contribution is -0.165. The molecule has 43 heavy (non-hydrogen) atoms. The maximum atomic E-state index is 13.9. The van der Waals surface area contributed by atoms with Crippen molar-refractivity contribution in [2.45, 2.75) is 115 Å². The van der Waals surface area contributed by atoms with E-state index < -0.39 is 47.1 Å². The van der Waals surface area contributed by atoms with Crippen LogP contribution in [0.5, 0.6) is 5.75 Å². The molecule has 0 radical (unpaired) electrons. The molecule has 3 atom stereocenters. The summed E-state index contributed by atoms with van der Waals surface area (Å²) in [4.78, 5) is 38.9. The van der Waals surface area contributed by atoms with Crippen molar-refractivity contribution in [1.82, 2.24) is 10.2 Å². The Morgan fingerprint density at radius 1 is 1.07 bits per heavy atom. The first-order valence-electron chi connectivity index (χ1n) is 15.0. The van der Waals surface area contributed by atoms with E-state index in [2.05, 4.69) is 5.32 Å². The van der Waals surface area contributed by atoms with Crippen molar-refractivity contribution in [3.63, 3.8) is 0 Å². The van der Waals surface area contributed by atoms with Gasteiger partial charge in [0.15, 0.2) is 0 Å². The lowest BCUT2D eigenvalue weighted by Crippen LogP contribution is -2.66. The third kappa shape index (κ3) is 8.69. The molecule has 238 valence electrons. The molecule has 3 aliphatic rings. The van der Waals surface area contributed by atoms with Gasteiger partial charge in [0.2, 0.25) is 0 Å². The molecule has 2 amide bonds. The van der Waals surface area contributed by atoms with Crippen LogP contribution in [0.2, 0.25) is 0 Å². The lowest BCUT2D eigenvalue weighted by atomic mass is 9.82. The number of amides is 2. The minimum atomic E-state index is -2.03. The molecule has 4 rings (SSSR count). The van der Waals surface area contributed by atoms with Crippen LogP contribution in [0.3, 0.4) is 0 Å². The molecule has 1 aliphatic carbocycles. The van der Waals surface area contributed by atoms with Crippen molar-refractivity contribution in [2.24, 2.45) is 0 Å². The van der Waals surface area contributed by atoms with Crippen LogP contribution in [-0.4, -0.2) is 77.9 Å². The highest BCUT2D eigenvalue weighted by molar-refractivity contribution is 5.82. The first-order chi connectivity index (χ1) is 20.2. The zero-order valence-corrected chi connectivity index (χ0v) is 26.0. The first-order valence-corrected chi connectivity index (χ1v) is 15.0. The Labute approximate surface area is 253 Å². The van der Waals surface area contributed by atoms with E-state index in [1.54, 1.807) is 46.4 Å². The Balaban J connectivity index is 1.36.